The van der Waals surface area contributed by atoms with Crippen LogP contribution in [0.1, 0.15) is 44.0 Å². The highest BCUT2D eigenvalue weighted by Crippen LogP contribution is 2.27. The summed E-state index contributed by atoms with van der Waals surface area (Å²) in [4.78, 5) is 2.40. The monoisotopic (exact) mass is 269 g/mol. The van der Waals surface area contributed by atoms with Gasteiger partial charge in [0.25, 0.3) is 0 Å². The molecule has 1 heterocycles. The minimum atomic E-state index is 0.308. The van der Waals surface area contributed by atoms with Gasteiger partial charge in [-0.15, -0.1) is 11.6 Å². The first-order valence-electron chi connectivity index (χ1n) is 6.99. The van der Waals surface area contributed by atoms with E-state index in [2.05, 4.69) is 41.6 Å². The molecule has 2 rings (SSSR count). The van der Waals surface area contributed by atoms with Crippen molar-refractivity contribution in [2.45, 2.75) is 64.0 Å². The summed E-state index contributed by atoms with van der Waals surface area (Å²) < 4.78 is 2.10. The van der Waals surface area contributed by atoms with Crippen LogP contribution in [0.5, 0.6) is 0 Å². The average molecular weight is 270 g/mol. The van der Waals surface area contributed by atoms with Gasteiger partial charge in [-0.05, 0) is 39.8 Å². The Hall–Kier alpha value is -0.540. The molecular weight excluding hydrogens is 246 g/mol. The highest BCUT2D eigenvalue weighted by atomic mass is 35.5. The second-order valence-electron chi connectivity index (χ2n) is 5.38. The fraction of sp³-hybridized carbons (Fsp3) is 0.786. The number of aromatic nitrogens is 2. The van der Waals surface area contributed by atoms with Gasteiger partial charge >= 0.3 is 0 Å². The van der Waals surface area contributed by atoms with Crippen molar-refractivity contribution in [2.24, 2.45) is 0 Å². The Kier molecular flexibility index (Phi) is 4.68. The standard InChI is InChI=1S/C14H24ClN3/c1-4-18-12(9-11(2)16-18)10-17(3)14-8-6-5-7-13(14)15/h9,13-14H,4-8,10H2,1-3H3. The molecule has 2 unspecified atom stereocenters. The molecule has 0 amide bonds. The molecule has 1 aliphatic carbocycles. The number of alkyl halides is 1. The van der Waals surface area contributed by atoms with Crippen molar-refractivity contribution >= 4 is 11.6 Å². The van der Waals surface area contributed by atoms with E-state index in [0.29, 0.717) is 11.4 Å². The first kappa shape index (κ1) is 13.9. The largest absolute Gasteiger partial charge is 0.296 e. The molecule has 0 spiro atoms. The van der Waals surface area contributed by atoms with Crippen LogP contribution >= 0.6 is 11.6 Å². The third-order valence-electron chi connectivity index (χ3n) is 3.91. The second kappa shape index (κ2) is 6.07. The van der Waals surface area contributed by atoms with Crippen LogP contribution in [0.2, 0.25) is 0 Å². The van der Waals surface area contributed by atoms with Gasteiger partial charge in [0.1, 0.15) is 0 Å². The highest BCUT2D eigenvalue weighted by molar-refractivity contribution is 6.21. The van der Waals surface area contributed by atoms with E-state index in [4.69, 9.17) is 11.6 Å². The minimum Gasteiger partial charge on any atom is -0.296 e. The zero-order valence-electron chi connectivity index (χ0n) is 11.7. The second-order valence-corrected chi connectivity index (χ2v) is 5.94. The van der Waals surface area contributed by atoms with Crippen molar-refractivity contribution in [3.8, 4) is 0 Å². The maximum absolute atomic E-state index is 6.46. The molecule has 4 heteroatoms. The molecule has 3 nitrogen and oxygen atoms in total. The van der Waals surface area contributed by atoms with Gasteiger partial charge in [-0.1, -0.05) is 12.8 Å². The Morgan fingerprint density at radius 1 is 1.44 bits per heavy atom. The lowest BCUT2D eigenvalue weighted by Gasteiger charge is -2.34. The summed E-state index contributed by atoms with van der Waals surface area (Å²) in [6, 6.07) is 2.70. The van der Waals surface area contributed by atoms with Gasteiger partial charge in [-0.2, -0.15) is 5.10 Å². The number of aryl methyl sites for hydroxylation is 2. The van der Waals surface area contributed by atoms with E-state index in [0.717, 1.165) is 25.2 Å². The fourth-order valence-corrected chi connectivity index (χ4v) is 3.41. The maximum atomic E-state index is 6.46. The van der Waals surface area contributed by atoms with Crippen molar-refractivity contribution in [3.63, 3.8) is 0 Å². The lowest BCUT2D eigenvalue weighted by atomic mass is 9.94. The van der Waals surface area contributed by atoms with Crippen molar-refractivity contribution < 1.29 is 0 Å². The van der Waals surface area contributed by atoms with E-state index in [9.17, 15) is 0 Å². The third kappa shape index (κ3) is 3.07. The van der Waals surface area contributed by atoms with Gasteiger partial charge in [0.05, 0.1) is 11.4 Å². The number of hydrogen-bond donors (Lipinski definition) is 0. The normalized spacial score (nSPS) is 24.7. The van der Waals surface area contributed by atoms with Gasteiger partial charge in [-0.3, -0.25) is 9.58 Å². The van der Waals surface area contributed by atoms with E-state index in [1.807, 2.05) is 0 Å². The molecule has 0 radical (unpaired) electrons. The van der Waals surface area contributed by atoms with Crippen molar-refractivity contribution in [2.75, 3.05) is 7.05 Å². The molecular formula is C14H24ClN3. The number of hydrogen-bond acceptors (Lipinski definition) is 2. The third-order valence-corrected chi connectivity index (χ3v) is 4.42. The molecule has 0 bridgehead atoms. The van der Waals surface area contributed by atoms with Crippen molar-refractivity contribution in [1.29, 1.82) is 0 Å². The lowest BCUT2D eigenvalue weighted by Crippen LogP contribution is -2.40. The summed E-state index contributed by atoms with van der Waals surface area (Å²) in [6.07, 6.45) is 4.97. The molecule has 0 aromatic carbocycles. The van der Waals surface area contributed by atoms with Gasteiger partial charge in [0, 0.05) is 24.5 Å². The summed E-state index contributed by atoms with van der Waals surface area (Å²) >= 11 is 6.46. The molecule has 0 N–H and O–H groups in total. The van der Waals surface area contributed by atoms with Crippen LogP contribution in [0.3, 0.4) is 0 Å². The Balaban J connectivity index is 2.03. The molecule has 1 aliphatic rings. The molecule has 1 fully saturated rings. The smallest absolute Gasteiger partial charge is 0.0597 e. The van der Waals surface area contributed by atoms with Gasteiger partial charge in [0.15, 0.2) is 0 Å². The maximum Gasteiger partial charge on any atom is 0.0597 e. The van der Waals surface area contributed by atoms with Crippen LogP contribution in [-0.2, 0) is 13.1 Å². The predicted molar refractivity (Wildman–Crippen MR) is 76.0 cm³/mol. The minimum absolute atomic E-state index is 0.308. The van der Waals surface area contributed by atoms with Crippen LogP contribution < -0.4 is 0 Å². The van der Waals surface area contributed by atoms with Crippen LogP contribution in [0.25, 0.3) is 0 Å². The summed E-state index contributed by atoms with van der Waals surface area (Å²) in [5.74, 6) is 0. The lowest BCUT2D eigenvalue weighted by molar-refractivity contribution is 0.184. The predicted octanol–water partition coefficient (Wildman–Crippen LogP) is 3.19. The number of halogens is 1. The van der Waals surface area contributed by atoms with Crippen LogP contribution in [0.4, 0.5) is 0 Å². The molecule has 1 aromatic heterocycles. The number of nitrogens with zero attached hydrogens (tertiary/aromatic N) is 3. The topological polar surface area (TPSA) is 21.1 Å². The summed E-state index contributed by atoms with van der Waals surface area (Å²) in [7, 11) is 2.19. The van der Waals surface area contributed by atoms with Gasteiger partial charge < -0.3 is 0 Å². The SMILES string of the molecule is CCn1nc(C)cc1CN(C)C1CCCCC1Cl. The van der Waals surface area contributed by atoms with Crippen LogP contribution in [0.15, 0.2) is 6.07 Å². The molecule has 0 aliphatic heterocycles. The fourth-order valence-electron chi connectivity index (χ4n) is 2.94. The van der Waals surface area contributed by atoms with E-state index < -0.39 is 0 Å². The van der Waals surface area contributed by atoms with E-state index in [1.165, 1.54) is 25.0 Å². The van der Waals surface area contributed by atoms with Crippen LogP contribution in [-0.4, -0.2) is 33.1 Å². The first-order valence-corrected chi connectivity index (χ1v) is 7.43. The van der Waals surface area contributed by atoms with Crippen molar-refractivity contribution in [3.05, 3.63) is 17.5 Å². The quantitative estimate of drug-likeness (QED) is 0.783. The van der Waals surface area contributed by atoms with E-state index in [-0.39, 0.29) is 0 Å². The Morgan fingerprint density at radius 3 is 2.83 bits per heavy atom. The Labute approximate surface area is 115 Å². The molecule has 1 aromatic rings. The summed E-state index contributed by atoms with van der Waals surface area (Å²) in [5.41, 5.74) is 2.40. The summed E-state index contributed by atoms with van der Waals surface area (Å²) in [6.45, 7) is 6.08. The molecule has 2 atom stereocenters. The highest BCUT2D eigenvalue weighted by Gasteiger charge is 2.27. The Morgan fingerprint density at radius 2 is 2.17 bits per heavy atom. The molecule has 1 saturated carbocycles. The van der Waals surface area contributed by atoms with Gasteiger partial charge in [0.2, 0.25) is 0 Å². The molecule has 18 heavy (non-hydrogen) atoms. The average Bonchev–Trinajstić information content (AvgIpc) is 2.70. The zero-order valence-corrected chi connectivity index (χ0v) is 12.5. The summed E-state index contributed by atoms with van der Waals surface area (Å²) in [5, 5.41) is 4.81. The van der Waals surface area contributed by atoms with E-state index in [1.54, 1.807) is 0 Å². The molecule has 0 saturated heterocycles. The first-order chi connectivity index (χ1) is 8.61. The van der Waals surface area contributed by atoms with E-state index >= 15 is 0 Å². The number of rotatable bonds is 4. The van der Waals surface area contributed by atoms with Gasteiger partial charge in [-0.25, -0.2) is 0 Å². The Bertz CT molecular complexity index is 388. The molecule has 102 valence electrons. The van der Waals surface area contributed by atoms with Crippen LogP contribution in [0, 0.1) is 6.92 Å². The van der Waals surface area contributed by atoms with Crippen molar-refractivity contribution in [1.82, 2.24) is 14.7 Å². The zero-order chi connectivity index (χ0) is 13.1.